The number of rotatable bonds is 2. The summed E-state index contributed by atoms with van der Waals surface area (Å²) in [4.78, 5) is 24.2. The number of carbonyl (C=O) groups is 2. The molecule has 1 fully saturated rings. The van der Waals surface area contributed by atoms with Crippen LogP contribution in [-0.4, -0.2) is 36.5 Å². The molecule has 1 saturated heterocycles. The fraction of sp³-hybridized carbons (Fsp3) is 0.286. The number of halogens is 1. The first-order valence-electron chi connectivity index (χ1n) is 6.00. The minimum Gasteiger partial charge on any atom is -0.362 e. The SMILES string of the molecule is NCC#Cc1ccc(F)c(CN2C(=O)COCC2=O)c1. The van der Waals surface area contributed by atoms with E-state index in [4.69, 9.17) is 10.5 Å². The van der Waals surface area contributed by atoms with Crippen LogP contribution in [0.2, 0.25) is 0 Å². The highest BCUT2D eigenvalue weighted by Gasteiger charge is 2.27. The largest absolute Gasteiger partial charge is 0.362 e. The lowest BCUT2D eigenvalue weighted by Crippen LogP contribution is -2.45. The quantitative estimate of drug-likeness (QED) is 0.610. The minimum atomic E-state index is -0.490. The van der Waals surface area contributed by atoms with Gasteiger partial charge in [-0.05, 0) is 18.2 Å². The van der Waals surface area contributed by atoms with Gasteiger partial charge in [0.25, 0.3) is 11.8 Å². The van der Waals surface area contributed by atoms with Gasteiger partial charge in [-0.2, -0.15) is 0 Å². The first-order valence-corrected chi connectivity index (χ1v) is 6.00. The molecule has 2 N–H and O–H groups in total. The van der Waals surface area contributed by atoms with E-state index >= 15 is 0 Å². The highest BCUT2D eigenvalue weighted by Crippen LogP contribution is 2.14. The Morgan fingerprint density at radius 1 is 1.30 bits per heavy atom. The standard InChI is InChI=1S/C14H13FN2O3/c15-12-4-3-10(2-1-5-16)6-11(12)7-17-13(18)8-20-9-14(17)19/h3-4,6H,5,7-9,16H2. The average Bonchev–Trinajstić information content (AvgIpc) is 2.43. The van der Waals surface area contributed by atoms with Gasteiger partial charge in [0.2, 0.25) is 0 Å². The van der Waals surface area contributed by atoms with E-state index in [1.165, 1.54) is 18.2 Å². The Morgan fingerprint density at radius 2 is 2.00 bits per heavy atom. The Bertz CT molecular complexity index is 588. The van der Waals surface area contributed by atoms with Crippen LogP contribution < -0.4 is 5.73 Å². The van der Waals surface area contributed by atoms with E-state index in [1.54, 1.807) is 0 Å². The summed E-state index contributed by atoms with van der Waals surface area (Å²) in [6.45, 7) is -0.252. The lowest BCUT2D eigenvalue weighted by atomic mass is 10.1. The second-order valence-electron chi connectivity index (χ2n) is 4.18. The van der Waals surface area contributed by atoms with Gasteiger partial charge in [-0.15, -0.1) is 0 Å². The Labute approximate surface area is 115 Å². The van der Waals surface area contributed by atoms with E-state index in [2.05, 4.69) is 11.8 Å². The lowest BCUT2D eigenvalue weighted by molar-refractivity contribution is -0.159. The third-order valence-electron chi connectivity index (χ3n) is 2.76. The summed E-state index contributed by atoms with van der Waals surface area (Å²) >= 11 is 0. The zero-order valence-electron chi connectivity index (χ0n) is 10.7. The molecule has 1 aliphatic heterocycles. The van der Waals surface area contributed by atoms with Crippen molar-refractivity contribution in [1.29, 1.82) is 0 Å². The molecule has 20 heavy (non-hydrogen) atoms. The Balaban J connectivity index is 2.23. The third kappa shape index (κ3) is 3.20. The van der Waals surface area contributed by atoms with Gasteiger partial charge in [0, 0.05) is 11.1 Å². The molecule has 1 aromatic carbocycles. The fourth-order valence-electron chi connectivity index (χ4n) is 1.79. The van der Waals surface area contributed by atoms with Crippen LogP contribution in [0, 0.1) is 17.7 Å². The molecular formula is C14H13FN2O3. The van der Waals surface area contributed by atoms with Crippen molar-refractivity contribution >= 4 is 11.8 Å². The molecule has 0 unspecified atom stereocenters. The van der Waals surface area contributed by atoms with Crippen LogP contribution in [0.3, 0.4) is 0 Å². The van der Waals surface area contributed by atoms with Gasteiger partial charge in [-0.25, -0.2) is 4.39 Å². The topological polar surface area (TPSA) is 72.6 Å². The third-order valence-corrected chi connectivity index (χ3v) is 2.76. The predicted molar refractivity (Wildman–Crippen MR) is 68.7 cm³/mol. The summed E-state index contributed by atoms with van der Waals surface area (Å²) in [7, 11) is 0. The highest BCUT2D eigenvalue weighted by atomic mass is 19.1. The second-order valence-corrected chi connectivity index (χ2v) is 4.18. The van der Waals surface area contributed by atoms with E-state index in [-0.39, 0.29) is 31.9 Å². The Kier molecular flexibility index (Phi) is 4.45. The van der Waals surface area contributed by atoms with Crippen molar-refractivity contribution in [2.45, 2.75) is 6.54 Å². The maximum absolute atomic E-state index is 13.7. The minimum absolute atomic E-state index is 0.120. The zero-order chi connectivity index (χ0) is 14.5. The number of hydrogen-bond acceptors (Lipinski definition) is 4. The number of imide groups is 1. The lowest BCUT2D eigenvalue weighted by Gasteiger charge is -2.25. The van der Waals surface area contributed by atoms with Crippen molar-refractivity contribution in [2.24, 2.45) is 5.73 Å². The van der Waals surface area contributed by atoms with Gasteiger partial charge < -0.3 is 10.5 Å². The number of hydrogen-bond donors (Lipinski definition) is 1. The van der Waals surface area contributed by atoms with E-state index in [0.29, 0.717) is 5.56 Å². The summed E-state index contributed by atoms with van der Waals surface area (Å²) in [5.41, 5.74) is 6.09. The van der Waals surface area contributed by atoms with Crippen LogP contribution in [0.5, 0.6) is 0 Å². The first kappa shape index (κ1) is 14.2. The van der Waals surface area contributed by atoms with Gasteiger partial charge >= 0.3 is 0 Å². The van der Waals surface area contributed by atoms with Crippen molar-refractivity contribution in [3.05, 3.63) is 35.1 Å². The number of morpholine rings is 1. The monoisotopic (exact) mass is 276 g/mol. The molecule has 0 spiro atoms. The van der Waals surface area contributed by atoms with Crippen LogP contribution >= 0.6 is 0 Å². The van der Waals surface area contributed by atoms with E-state index in [1.807, 2.05) is 0 Å². The fourth-order valence-corrected chi connectivity index (χ4v) is 1.79. The molecule has 0 bridgehead atoms. The molecule has 0 radical (unpaired) electrons. The highest BCUT2D eigenvalue weighted by molar-refractivity contribution is 5.98. The summed E-state index contributed by atoms with van der Waals surface area (Å²) in [6.07, 6.45) is 0. The van der Waals surface area contributed by atoms with Gasteiger partial charge in [0.05, 0.1) is 13.1 Å². The van der Waals surface area contributed by atoms with E-state index in [0.717, 1.165) is 4.90 Å². The van der Waals surface area contributed by atoms with Gasteiger partial charge in [-0.3, -0.25) is 14.5 Å². The predicted octanol–water partition coefficient (Wildman–Crippen LogP) is 0.0213. The van der Waals surface area contributed by atoms with Crippen LogP contribution in [0.1, 0.15) is 11.1 Å². The second kappa shape index (κ2) is 6.28. The van der Waals surface area contributed by atoms with Crippen LogP contribution in [0.4, 0.5) is 4.39 Å². The molecule has 1 aromatic rings. The molecule has 1 heterocycles. The van der Waals surface area contributed by atoms with Crippen molar-refractivity contribution in [1.82, 2.24) is 4.90 Å². The zero-order valence-corrected chi connectivity index (χ0v) is 10.7. The van der Waals surface area contributed by atoms with Crippen LogP contribution in [-0.2, 0) is 20.9 Å². The number of nitrogens with zero attached hydrogens (tertiary/aromatic N) is 1. The molecule has 6 heteroatoms. The smallest absolute Gasteiger partial charge is 0.255 e. The molecule has 0 saturated carbocycles. The molecule has 0 aliphatic carbocycles. The summed E-state index contributed by atoms with van der Waals surface area (Å²) in [5.74, 6) is 4.00. The van der Waals surface area contributed by atoms with Gasteiger partial charge in [0.1, 0.15) is 19.0 Å². The van der Waals surface area contributed by atoms with Gasteiger partial charge in [0.15, 0.2) is 0 Å². The van der Waals surface area contributed by atoms with E-state index < -0.39 is 17.6 Å². The molecular weight excluding hydrogens is 263 g/mol. The van der Waals surface area contributed by atoms with Gasteiger partial charge in [-0.1, -0.05) is 11.8 Å². The summed E-state index contributed by atoms with van der Waals surface area (Å²) < 4.78 is 18.5. The maximum atomic E-state index is 13.7. The average molecular weight is 276 g/mol. The van der Waals surface area contributed by atoms with E-state index in [9.17, 15) is 14.0 Å². The normalized spacial score (nSPS) is 15.0. The number of ether oxygens (including phenoxy) is 1. The Hall–Kier alpha value is -2.23. The number of amides is 2. The van der Waals surface area contributed by atoms with Crippen LogP contribution in [0.15, 0.2) is 18.2 Å². The molecule has 5 nitrogen and oxygen atoms in total. The van der Waals surface area contributed by atoms with Crippen molar-refractivity contribution < 1.29 is 18.7 Å². The number of carbonyl (C=O) groups excluding carboxylic acids is 2. The van der Waals surface area contributed by atoms with Crippen LogP contribution in [0.25, 0.3) is 0 Å². The van der Waals surface area contributed by atoms with Crippen molar-refractivity contribution in [2.75, 3.05) is 19.8 Å². The number of nitrogens with two attached hydrogens (primary N) is 1. The molecule has 2 rings (SSSR count). The molecule has 2 amide bonds. The summed E-state index contributed by atoms with van der Waals surface area (Å²) in [5, 5.41) is 0. The molecule has 0 aromatic heterocycles. The summed E-state index contributed by atoms with van der Waals surface area (Å²) in [6, 6.07) is 4.28. The first-order chi connectivity index (χ1) is 9.61. The molecule has 1 aliphatic rings. The number of benzene rings is 1. The van der Waals surface area contributed by atoms with Crippen molar-refractivity contribution in [3.63, 3.8) is 0 Å². The Morgan fingerprint density at radius 3 is 2.65 bits per heavy atom. The van der Waals surface area contributed by atoms with Crippen molar-refractivity contribution in [3.8, 4) is 11.8 Å². The molecule has 104 valence electrons. The molecule has 0 atom stereocenters. The maximum Gasteiger partial charge on any atom is 0.255 e.